The van der Waals surface area contributed by atoms with Gasteiger partial charge in [-0.05, 0) is 36.2 Å². The topological polar surface area (TPSA) is 59.9 Å². The van der Waals surface area contributed by atoms with Gasteiger partial charge in [-0.15, -0.1) is 0 Å². The number of hydrogen-bond donors (Lipinski definition) is 1. The summed E-state index contributed by atoms with van der Waals surface area (Å²) in [6.07, 6.45) is -4.34. The van der Waals surface area contributed by atoms with E-state index in [1.807, 2.05) is 0 Å². The maximum atomic E-state index is 13.0. The Hall–Kier alpha value is -3.23. The molecule has 1 N–H and O–H groups in total. The lowest BCUT2D eigenvalue weighted by Crippen LogP contribution is -2.10. The van der Waals surface area contributed by atoms with Crippen LogP contribution in [0.2, 0.25) is 0 Å². The molecular weight excluding hydrogens is 388 g/mol. The normalized spacial score (nSPS) is 11.3. The average Bonchev–Trinajstić information content (AvgIpc) is 2.67. The van der Waals surface area contributed by atoms with Gasteiger partial charge in [0.25, 0.3) is 0 Å². The third-order valence-corrected chi connectivity index (χ3v) is 3.92. The van der Waals surface area contributed by atoms with Crippen LogP contribution in [0.1, 0.15) is 29.4 Å². The van der Waals surface area contributed by atoms with Gasteiger partial charge in [-0.1, -0.05) is 30.3 Å². The Morgan fingerprint density at radius 2 is 1.72 bits per heavy atom. The van der Waals surface area contributed by atoms with Crippen molar-refractivity contribution in [2.75, 3.05) is 11.9 Å². The zero-order valence-electron chi connectivity index (χ0n) is 15.5. The van der Waals surface area contributed by atoms with E-state index >= 15 is 0 Å². The average molecular weight is 406 g/mol. The summed E-state index contributed by atoms with van der Waals surface area (Å²) < 4.78 is 57.1. The van der Waals surface area contributed by atoms with Gasteiger partial charge in [0.15, 0.2) is 0 Å². The van der Waals surface area contributed by atoms with Crippen molar-refractivity contribution in [1.29, 1.82) is 0 Å². The molecule has 3 aromatic rings. The molecule has 3 rings (SSSR count). The van der Waals surface area contributed by atoms with E-state index in [1.165, 1.54) is 18.2 Å². The van der Waals surface area contributed by atoms with Gasteiger partial charge in [-0.3, -0.25) is 0 Å². The van der Waals surface area contributed by atoms with Crippen molar-refractivity contribution < 1.29 is 22.3 Å². The third kappa shape index (κ3) is 5.87. The summed E-state index contributed by atoms with van der Waals surface area (Å²) in [6.45, 7) is 2.42. The van der Waals surface area contributed by atoms with E-state index in [9.17, 15) is 17.6 Å². The number of alkyl halides is 3. The Bertz CT molecular complexity index is 961. The van der Waals surface area contributed by atoms with Gasteiger partial charge in [0, 0.05) is 13.0 Å². The van der Waals surface area contributed by atoms with Crippen LogP contribution in [-0.4, -0.2) is 21.6 Å². The number of aromatic nitrogens is 3. The van der Waals surface area contributed by atoms with Crippen LogP contribution in [0.4, 0.5) is 23.5 Å². The van der Waals surface area contributed by atoms with E-state index in [1.54, 1.807) is 25.1 Å². The summed E-state index contributed by atoms with van der Waals surface area (Å²) >= 11 is 0. The molecule has 0 atom stereocenters. The molecule has 1 aromatic heterocycles. The van der Waals surface area contributed by atoms with Crippen molar-refractivity contribution in [2.45, 2.75) is 26.1 Å². The first-order valence-corrected chi connectivity index (χ1v) is 8.85. The minimum Gasteiger partial charge on any atom is -0.464 e. The summed E-state index contributed by atoms with van der Waals surface area (Å²) in [5.41, 5.74) is 0.492. The van der Waals surface area contributed by atoms with Gasteiger partial charge >= 0.3 is 12.2 Å². The summed E-state index contributed by atoms with van der Waals surface area (Å²) in [6, 6.07) is 11.0. The largest absolute Gasteiger partial charge is 0.464 e. The Kier molecular flexibility index (Phi) is 6.26. The first-order valence-electron chi connectivity index (χ1n) is 8.85. The molecule has 0 bridgehead atoms. The number of nitrogens with zero attached hydrogens (tertiary/aromatic N) is 3. The number of anilines is 1. The van der Waals surface area contributed by atoms with E-state index in [4.69, 9.17) is 4.74 Å². The summed E-state index contributed by atoms with van der Waals surface area (Å²) in [5, 5.41) is 3.00. The monoisotopic (exact) mass is 406 g/mol. The zero-order valence-corrected chi connectivity index (χ0v) is 15.5. The molecule has 0 aliphatic heterocycles. The molecule has 0 spiro atoms. The van der Waals surface area contributed by atoms with Crippen LogP contribution in [0, 0.1) is 5.82 Å². The Morgan fingerprint density at radius 3 is 2.41 bits per heavy atom. The maximum Gasteiger partial charge on any atom is 0.416 e. The van der Waals surface area contributed by atoms with Crippen molar-refractivity contribution in [3.63, 3.8) is 0 Å². The van der Waals surface area contributed by atoms with Crippen molar-refractivity contribution >= 4 is 5.95 Å². The number of ether oxygens (including phenoxy) is 1. The van der Waals surface area contributed by atoms with Crippen molar-refractivity contribution in [3.05, 3.63) is 76.9 Å². The van der Waals surface area contributed by atoms with E-state index in [0.29, 0.717) is 18.7 Å². The first-order chi connectivity index (χ1) is 13.8. The minimum atomic E-state index is -4.42. The molecule has 29 heavy (non-hydrogen) atoms. The number of benzene rings is 2. The number of rotatable bonds is 7. The molecule has 0 radical (unpaired) electrons. The summed E-state index contributed by atoms with van der Waals surface area (Å²) in [5.74, 6) is 0.148. The SMILES string of the molecule is CCOc1nc(Cc2cccc(C(F)(F)F)c2)nc(NCc2ccc(F)cc2)n1. The lowest BCUT2D eigenvalue weighted by molar-refractivity contribution is -0.137. The van der Waals surface area contributed by atoms with Gasteiger partial charge in [0.05, 0.1) is 12.2 Å². The van der Waals surface area contributed by atoms with E-state index < -0.39 is 11.7 Å². The van der Waals surface area contributed by atoms with Gasteiger partial charge in [0.2, 0.25) is 5.95 Å². The van der Waals surface area contributed by atoms with Crippen molar-refractivity contribution in [1.82, 2.24) is 15.0 Å². The van der Waals surface area contributed by atoms with E-state index in [0.717, 1.165) is 17.7 Å². The second-order valence-electron chi connectivity index (χ2n) is 6.15. The van der Waals surface area contributed by atoms with Gasteiger partial charge < -0.3 is 10.1 Å². The van der Waals surface area contributed by atoms with Crippen molar-refractivity contribution in [2.24, 2.45) is 0 Å². The van der Waals surface area contributed by atoms with Gasteiger partial charge in [0.1, 0.15) is 11.6 Å². The quantitative estimate of drug-likeness (QED) is 0.580. The molecule has 152 valence electrons. The van der Waals surface area contributed by atoms with E-state index in [2.05, 4.69) is 20.3 Å². The summed E-state index contributed by atoms with van der Waals surface area (Å²) in [4.78, 5) is 12.6. The van der Waals surface area contributed by atoms with Crippen LogP contribution in [0.15, 0.2) is 48.5 Å². The molecule has 1 heterocycles. The molecular formula is C20H18F4N4O. The molecule has 0 amide bonds. The predicted molar refractivity (Wildman–Crippen MR) is 99.0 cm³/mol. The van der Waals surface area contributed by atoms with Crippen LogP contribution in [-0.2, 0) is 19.1 Å². The highest BCUT2D eigenvalue weighted by molar-refractivity contribution is 5.32. The standard InChI is InChI=1S/C20H18F4N4O/c1-2-29-19-27-17(11-14-4-3-5-15(10-14)20(22,23)24)26-18(28-19)25-12-13-6-8-16(21)9-7-13/h3-10H,2,11-12H2,1H3,(H,25,26,27,28). The Balaban J connectivity index is 1.80. The number of halogens is 4. The van der Waals surface area contributed by atoms with Crippen LogP contribution in [0.25, 0.3) is 0 Å². The maximum absolute atomic E-state index is 13.0. The predicted octanol–water partition coefficient (Wildman–Crippen LogP) is 4.63. The minimum absolute atomic E-state index is 0.0751. The molecule has 0 saturated carbocycles. The highest BCUT2D eigenvalue weighted by atomic mass is 19.4. The first kappa shape index (κ1) is 20.5. The van der Waals surface area contributed by atoms with Crippen LogP contribution < -0.4 is 10.1 Å². The lowest BCUT2D eigenvalue weighted by Gasteiger charge is -2.11. The number of nitrogens with one attached hydrogen (secondary N) is 1. The highest BCUT2D eigenvalue weighted by Crippen LogP contribution is 2.30. The Labute approximate surface area is 164 Å². The molecule has 0 saturated heterocycles. The third-order valence-electron chi connectivity index (χ3n) is 3.92. The van der Waals surface area contributed by atoms with Crippen LogP contribution >= 0.6 is 0 Å². The second kappa shape index (κ2) is 8.85. The van der Waals surface area contributed by atoms with Crippen molar-refractivity contribution in [3.8, 4) is 6.01 Å². The molecule has 0 unspecified atom stereocenters. The smallest absolute Gasteiger partial charge is 0.416 e. The van der Waals surface area contributed by atoms with Crippen LogP contribution in [0.5, 0.6) is 6.01 Å². The molecule has 2 aromatic carbocycles. The van der Waals surface area contributed by atoms with E-state index in [-0.39, 0.29) is 30.0 Å². The molecule has 0 aliphatic carbocycles. The number of hydrogen-bond acceptors (Lipinski definition) is 5. The molecule has 0 aliphatic rings. The fourth-order valence-corrected chi connectivity index (χ4v) is 2.57. The Morgan fingerprint density at radius 1 is 0.966 bits per heavy atom. The fourth-order valence-electron chi connectivity index (χ4n) is 2.57. The fraction of sp³-hybridized carbons (Fsp3) is 0.250. The lowest BCUT2D eigenvalue weighted by atomic mass is 10.1. The zero-order chi connectivity index (χ0) is 20.9. The molecule has 0 fully saturated rings. The molecule has 9 heteroatoms. The second-order valence-corrected chi connectivity index (χ2v) is 6.15. The highest BCUT2D eigenvalue weighted by Gasteiger charge is 2.30. The van der Waals surface area contributed by atoms with Crippen LogP contribution in [0.3, 0.4) is 0 Å². The van der Waals surface area contributed by atoms with Gasteiger partial charge in [-0.25, -0.2) is 4.39 Å². The molecule has 5 nitrogen and oxygen atoms in total. The summed E-state index contributed by atoms with van der Waals surface area (Å²) in [7, 11) is 0. The van der Waals surface area contributed by atoms with Gasteiger partial charge in [-0.2, -0.15) is 28.1 Å².